The molecular weight excluding hydrogens is 477 g/mol. The second-order valence-electron chi connectivity index (χ2n) is 11.7. The molecule has 36 heavy (non-hydrogen) atoms. The lowest BCUT2D eigenvalue weighted by Crippen LogP contribution is -2.50. The maximum absolute atomic E-state index is 13.8. The summed E-state index contributed by atoms with van der Waals surface area (Å²) >= 11 is 1.99. The summed E-state index contributed by atoms with van der Waals surface area (Å²) in [5.41, 5.74) is 1.93. The second-order valence-corrected chi connectivity index (χ2v) is 13.0. The topological polar surface area (TPSA) is 57.3 Å². The highest BCUT2D eigenvalue weighted by molar-refractivity contribution is 7.99. The van der Waals surface area contributed by atoms with Crippen molar-refractivity contribution in [2.24, 2.45) is 5.92 Å². The predicted octanol–water partition coefficient (Wildman–Crippen LogP) is 5.19. The molecule has 3 heterocycles. The van der Waals surface area contributed by atoms with Crippen LogP contribution in [0, 0.1) is 11.7 Å². The Kier molecular flexibility index (Phi) is 8.04. The number of ether oxygens (including phenoxy) is 2. The number of hydrogen-bond acceptors (Lipinski definition) is 6. The summed E-state index contributed by atoms with van der Waals surface area (Å²) in [6, 6.07) is 4.89. The van der Waals surface area contributed by atoms with Crippen LogP contribution >= 0.6 is 11.8 Å². The van der Waals surface area contributed by atoms with Crippen LogP contribution in [0.25, 0.3) is 0 Å². The maximum atomic E-state index is 13.8. The summed E-state index contributed by atoms with van der Waals surface area (Å²) in [5.74, 6) is 2.69. The van der Waals surface area contributed by atoms with Crippen LogP contribution in [0.5, 0.6) is 0 Å². The van der Waals surface area contributed by atoms with E-state index in [0.29, 0.717) is 12.5 Å². The molecular formula is C28H42FN3O3S. The summed E-state index contributed by atoms with van der Waals surface area (Å²) in [4.78, 5) is 17.8. The van der Waals surface area contributed by atoms with E-state index in [2.05, 4.69) is 29.0 Å². The molecule has 2 unspecified atom stereocenters. The van der Waals surface area contributed by atoms with E-state index < -0.39 is 0 Å². The molecule has 6 nitrogen and oxygen atoms in total. The van der Waals surface area contributed by atoms with E-state index in [4.69, 9.17) is 9.47 Å². The molecule has 0 bridgehead atoms. The van der Waals surface area contributed by atoms with Gasteiger partial charge >= 0.3 is 6.09 Å². The van der Waals surface area contributed by atoms with Crippen LogP contribution in [0.3, 0.4) is 0 Å². The van der Waals surface area contributed by atoms with Crippen LogP contribution in [0.2, 0.25) is 0 Å². The number of alkyl carbamates (subject to hydrolysis) is 1. The van der Waals surface area contributed by atoms with Crippen molar-refractivity contribution in [2.45, 2.75) is 95.7 Å². The molecule has 2 saturated heterocycles. The van der Waals surface area contributed by atoms with Crippen molar-refractivity contribution in [1.29, 1.82) is 0 Å². The quantitative estimate of drug-likeness (QED) is 0.477. The van der Waals surface area contributed by atoms with Gasteiger partial charge in [0.2, 0.25) is 0 Å². The Morgan fingerprint density at radius 2 is 2.00 bits per heavy atom. The zero-order valence-corrected chi connectivity index (χ0v) is 22.8. The van der Waals surface area contributed by atoms with Crippen molar-refractivity contribution in [1.82, 2.24) is 10.2 Å². The van der Waals surface area contributed by atoms with Gasteiger partial charge in [-0.05, 0) is 63.3 Å². The van der Waals surface area contributed by atoms with E-state index in [1.807, 2.05) is 24.8 Å². The number of rotatable bonds is 8. The minimum atomic E-state index is -0.358. The molecule has 0 radical (unpaired) electrons. The molecule has 0 aromatic heterocycles. The number of halogens is 1. The van der Waals surface area contributed by atoms with Gasteiger partial charge in [0.05, 0.1) is 0 Å². The van der Waals surface area contributed by atoms with Crippen LogP contribution in [0.4, 0.5) is 14.9 Å². The molecule has 4 atom stereocenters. The van der Waals surface area contributed by atoms with Gasteiger partial charge in [0.25, 0.3) is 0 Å². The molecule has 200 valence electrons. The zero-order chi connectivity index (χ0) is 25.3. The Labute approximate surface area is 219 Å². The SMILES string of the molecule is C[C@@H](CN1c2ccc(F)cc2CC1(C)C)NC(=O)O[C@@H](CC1CCCCC1)C1OC1N1CCSCC1. The molecule has 1 saturated carbocycles. The third kappa shape index (κ3) is 6.13. The molecule has 0 spiro atoms. The first-order valence-corrected chi connectivity index (χ1v) is 15.0. The van der Waals surface area contributed by atoms with E-state index in [1.165, 1.54) is 38.2 Å². The van der Waals surface area contributed by atoms with E-state index >= 15 is 0 Å². The van der Waals surface area contributed by atoms with Gasteiger partial charge in [-0.1, -0.05) is 32.1 Å². The first-order valence-electron chi connectivity index (χ1n) is 13.8. The van der Waals surface area contributed by atoms with Crippen LogP contribution < -0.4 is 10.2 Å². The summed E-state index contributed by atoms with van der Waals surface area (Å²) in [5, 5.41) is 3.08. The minimum absolute atomic E-state index is 0.0182. The highest BCUT2D eigenvalue weighted by Gasteiger charge is 2.51. The summed E-state index contributed by atoms with van der Waals surface area (Å²) in [7, 11) is 0. The number of carbonyl (C=O) groups is 1. The largest absolute Gasteiger partial charge is 0.443 e. The van der Waals surface area contributed by atoms with Gasteiger partial charge in [-0.15, -0.1) is 0 Å². The van der Waals surface area contributed by atoms with Gasteiger partial charge in [-0.25, -0.2) is 9.18 Å². The Balaban J connectivity index is 1.19. The molecule has 1 aromatic carbocycles. The second kappa shape index (κ2) is 11.1. The lowest BCUT2D eigenvalue weighted by molar-refractivity contribution is 0.0576. The highest BCUT2D eigenvalue weighted by atomic mass is 32.2. The number of thioether (sulfide) groups is 1. The monoisotopic (exact) mass is 519 g/mol. The Morgan fingerprint density at radius 3 is 2.75 bits per heavy atom. The summed E-state index contributed by atoms with van der Waals surface area (Å²) < 4.78 is 26.0. The van der Waals surface area contributed by atoms with E-state index in [9.17, 15) is 9.18 Å². The van der Waals surface area contributed by atoms with Crippen molar-refractivity contribution in [2.75, 3.05) is 36.0 Å². The lowest BCUT2D eigenvalue weighted by Gasteiger charge is -2.36. The number of epoxide rings is 1. The third-order valence-electron chi connectivity index (χ3n) is 8.33. The summed E-state index contributed by atoms with van der Waals surface area (Å²) in [6.45, 7) is 9.07. The number of hydrogen-bond donors (Lipinski definition) is 1. The molecule has 1 amide bonds. The highest BCUT2D eigenvalue weighted by Crippen LogP contribution is 2.39. The minimum Gasteiger partial charge on any atom is -0.443 e. The Bertz CT molecular complexity index is 919. The van der Waals surface area contributed by atoms with Gasteiger partial charge in [-0.2, -0.15) is 11.8 Å². The smallest absolute Gasteiger partial charge is 0.407 e. The number of benzene rings is 1. The first kappa shape index (κ1) is 26.1. The predicted molar refractivity (Wildman–Crippen MR) is 143 cm³/mol. The molecule has 3 fully saturated rings. The number of nitrogens with one attached hydrogen (secondary N) is 1. The Hall–Kier alpha value is -1.51. The van der Waals surface area contributed by atoms with Crippen LogP contribution in [0.15, 0.2) is 18.2 Å². The number of fused-ring (bicyclic) bond motifs is 1. The van der Waals surface area contributed by atoms with Crippen molar-refractivity contribution in [3.63, 3.8) is 0 Å². The normalized spacial score (nSPS) is 27.8. The first-order chi connectivity index (χ1) is 17.3. The standard InChI is InChI=1S/C28H42FN3O3S/c1-19(18-32-23-10-9-22(29)16-21(23)17-28(32,2)3)30-27(33)34-24(15-20-7-5-4-6-8-20)25-26(35-25)31-11-13-36-14-12-31/h9-10,16,19-20,24-26H,4-8,11-15,17-18H2,1-3H3,(H,30,33)/t19-,24-,25?,26?/m0/s1. The number of amides is 1. The molecule has 8 heteroatoms. The van der Waals surface area contributed by atoms with Gasteiger partial charge in [0.15, 0.2) is 0 Å². The molecule has 3 aliphatic heterocycles. The van der Waals surface area contributed by atoms with Crippen LogP contribution in [-0.2, 0) is 15.9 Å². The van der Waals surface area contributed by atoms with Crippen molar-refractivity contribution >= 4 is 23.5 Å². The third-order valence-corrected chi connectivity index (χ3v) is 9.27. The fourth-order valence-electron chi connectivity index (χ4n) is 6.40. The van der Waals surface area contributed by atoms with Gasteiger partial charge < -0.3 is 19.7 Å². The molecule has 4 aliphatic rings. The average Bonchev–Trinajstić information content (AvgIpc) is 3.60. The lowest BCUT2D eigenvalue weighted by atomic mass is 9.85. The maximum Gasteiger partial charge on any atom is 0.407 e. The average molecular weight is 520 g/mol. The van der Waals surface area contributed by atoms with E-state index in [1.54, 1.807) is 6.07 Å². The van der Waals surface area contributed by atoms with Gasteiger partial charge in [-0.3, -0.25) is 4.90 Å². The van der Waals surface area contributed by atoms with Crippen molar-refractivity contribution in [3.8, 4) is 0 Å². The fraction of sp³-hybridized carbons (Fsp3) is 0.750. The van der Waals surface area contributed by atoms with Gasteiger partial charge in [0, 0.05) is 48.4 Å². The number of nitrogens with zero attached hydrogens (tertiary/aromatic N) is 2. The van der Waals surface area contributed by atoms with E-state index in [-0.39, 0.29) is 41.9 Å². The van der Waals surface area contributed by atoms with Crippen LogP contribution in [-0.4, -0.2) is 72.1 Å². The Morgan fingerprint density at radius 1 is 1.25 bits per heavy atom. The molecule has 1 aliphatic carbocycles. The fourth-order valence-corrected chi connectivity index (χ4v) is 7.33. The zero-order valence-electron chi connectivity index (χ0n) is 22.0. The summed E-state index contributed by atoms with van der Waals surface area (Å²) in [6.07, 6.45) is 7.50. The van der Waals surface area contributed by atoms with Crippen molar-refractivity contribution < 1.29 is 18.7 Å². The van der Waals surface area contributed by atoms with E-state index in [0.717, 1.165) is 48.7 Å². The van der Waals surface area contributed by atoms with Crippen LogP contribution in [0.1, 0.15) is 64.9 Å². The molecule has 5 rings (SSSR count). The molecule has 1 aromatic rings. The van der Waals surface area contributed by atoms with Gasteiger partial charge in [0.1, 0.15) is 24.3 Å². The van der Waals surface area contributed by atoms with Crippen molar-refractivity contribution in [3.05, 3.63) is 29.6 Å². The number of anilines is 1. The molecule has 1 N–H and O–H groups in total. The number of carbonyl (C=O) groups excluding carboxylic acids is 1.